The van der Waals surface area contributed by atoms with E-state index in [1.807, 2.05) is 6.07 Å². The van der Waals surface area contributed by atoms with Gasteiger partial charge in [0.25, 0.3) is 0 Å². The summed E-state index contributed by atoms with van der Waals surface area (Å²) in [7, 11) is 0. The number of ether oxygens (including phenoxy) is 2. The van der Waals surface area contributed by atoms with Crippen LogP contribution in [0.5, 0.6) is 11.5 Å². The lowest BCUT2D eigenvalue weighted by molar-refractivity contribution is 0.113. The Morgan fingerprint density at radius 3 is 2.85 bits per heavy atom. The van der Waals surface area contributed by atoms with Crippen LogP contribution in [0.25, 0.3) is 0 Å². The van der Waals surface area contributed by atoms with E-state index in [-0.39, 0.29) is 5.41 Å². The van der Waals surface area contributed by atoms with Crippen LogP contribution in [-0.2, 0) is 6.42 Å². The third kappa shape index (κ3) is 2.49. The van der Waals surface area contributed by atoms with Crippen molar-refractivity contribution < 1.29 is 14.6 Å². The highest BCUT2D eigenvalue weighted by molar-refractivity contribution is 6.31. The molecule has 4 heteroatoms. The van der Waals surface area contributed by atoms with E-state index in [1.165, 1.54) is 0 Å². The van der Waals surface area contributed by atoms with Crippen LogP contribution in [0.15, 0.2) is 6.07 Å². The molecule has 0 aromatic heterocycles. The first-order valence-electron chi connectivity index (χ1n) is 7.27. The topological polar surface area (TPSA) is 38.7 Å². The van der Waals surface area contributed by atoms with E-state index in [4.69, 9.17) is 21.1 Å². The molecule has 0 bridgehead atoms. The maximum atomic E-state index is 10.7. The van der Waals surface area contributed by atoms with Gasteiger partial charge in [-0.1, -0.05) is 25.4 Å². The Kier molecular flexibility index (Phi) is 3.59. The van der Waals surface area contributed by atoms with Gasteiger partial charge in [-0.15, -0.1) is 0 Å². The van der Waals surface area contributed by atoms with Crippen molar-refractivity contribution in [3.8, 4) is 11.5 Å². The van der Waals surface area contributed by atoms with Crippen molar-refractivity contribution in [2.24, 2.45) is 5.41 Å². The predicted octanol–water partition coefficient (Wildman–Crippen LogP) is 3.90. The molecule has 0 saturated heterocycles. The van der Waals surface area contributed by atoms with Crippen LogP contribution < -0.4 is 9.47 Å². The summed E-state index contributed by atoms with van der Waals surface area (Å²) in [6.45, 7) is 5.62. The van der Waals surface area contributed by atoms with Crippen molar-refractivity contribution in [1.29, 1.82) is 0 Å². The molecule has 1 atom stereocenters. The Labute approximate surface area is 124 Å². The number of hydrogen-bond donors (Lipinski definition) is 1. The van der Waals surface area contributed by atoms with Crippen LogP contribution >= 0.6 is 11.6 Å². The van der Waals surface area contributed by atoms with Gasteiger partial charge in [0.05, 0.1) is 19.3 Å². The minimum atomic E-state index is -0.545. The quantitative estimate of drug-likeness (QED) is 0.738. The Balaban J connectivity index is 2.14. The molecule has 1 unspecified atom stereocenters. The summed E-state index contributed by atoms with van der Waals surface area (Å²) in [6.07, 6.45) is 2.90. The van der Waals surface area contributed by atoms with Gasteiger partial charge < -0.3 is 14.6 Å². The van der Waals surface area contributed by atoms with Crippen molar-refractivity contribution in [3.63, 3.8) is 0 Å². The molecule has 110 valence electrons. The first kappa shape index (κ1) is 14.0. The van der Waals surface area contributed by atoms with Crippen molar-refractivity contribution in [2.45, 2.75) is 45.6 Å². The van der Waals surface area contributed by atoms with Gasteiger partial charge >= 0.3 is 0 Å². The van der Waals surface area contributed by atoms with Gasteiger partial charge in [0.15, 0.2) is 11.5 Å². The molecule has 1 N–H and O–H groups in total. The number of benzene rings is 1. The average molecular weight is 297 g/mol. The maximum absolute atomic E-state index is 10.7. The van der Waals surface area contributed by atoms with Gasteiger partial charge in [-0.05, 0) is 30.2 Å². The second kappa shape index (κ2) is 5.12. The molecule has 0 saturated carbocycles. The van der Waals surface area contributed by atoms with Gasteiger partial charge in [-0.25, -0.2) is 0 Å². The number of rotatable bonds is 0. The molecule has 1 aromatic carbocycles. The van der Waals surface area contributed by atoms with Crippen molar-refractivity contribution >= 4 is 11.6 Å². The first-order valence-corrected chi connectivity index (χ1v) is 7.65. The third-order valence-corrected chi connectivity index (χ3v) is 4.60. The van der Waals surface area contributed by atoms with Crippen LogP contribution in [0.4, 0.5) is 0 Å². The van der Waals surface area contributed by atoms with Crippen LogP contribution in [0, 0.1) is 5.41 Å². The number of halogens is 1. The highest BCUT2D eigenvalue weighted by Crippen LogP contribution is 2.49. The molecule has 1 aliphatic carbocycles. The summed E-state index contributed by atoms with van der Waals surface area (Å²) in [5.41, 5.74) is 1.97. The standard InChI is InChI=1S/C16H21ClO3/c1-16(2)5-4-10-11(17)8-13-15(14(10)12(18)9-16)20-7-3-6-19-13/h8,12,18H,3-7,9H2,1-2H3. The van der Waals surface area contributed by atoms with Gasteiger partial charge in [0.2, 0.25) is 0 Å². The maximum Gasteiger partial charge on any atom is 0.167 e. The SMILES string of the molecule is CC1(C)CCc2c(Cl)cc3c(c2C(O)C1)OCCCO3. The molecule has 2 aliphatic rings. The Morgan fingerprint density at radius 1 is 1.30 bits per heavy atom. The Hall–Kier alpha value is -0.930. The zero-order valence-corrected chi connectivity index (χ0v) is 12.8. The fourth-order valence-electron chi connectivity index (χ4n) is 3.14. The summed E-state index contributed by atoms with van der Waals surface area (Å²) in [6, 6.07) is 1.84. The molecule has 0 spiro atoms. The van der Waals surface area contributed by atoms with Crippen molar-refractivity contribution in [3.05, 3.63) is 22.2 Å². The molecule has 3 nitrogen and oxygen atoms in total. The van der Waals surface area contributed by atoms with E-state index in [9.17, 15) is 5.11 Å². The molecular formula is C16H21ClO3. The zero-order chi connectivity index (χ0) is 14.3. The summed E-state index contributed by atoms with van der Waals surface area (Å²) < 4.78 is 11.6. The summed E-state index contributed by atoms with van der Waals surface area (Å²) in [4.78, 5) is 0. The molecule has 20 heavy (non-hydrogen) atoms. The Morgan fingerprint density at radius 2 is 2.05 bits per heavy atom. The van der Waals surface area contributed by atoms with E-state index in [1.54, 1.807) is 0 Å². The predicted molar refractivity (Wildman–Crippen MR) is 78.7 cm³/mol. The van der Waals surface area contributed by atoms with Crippen molar-refractivity contribution in [2.75, 3.05) is 13.2 Å². The lowest BCUT2D eigenvalue weighted by atomic mass is 9.84. The summed E-state index contributed by atoms with van der Waals surface area (Å²) in [5, 5.41) is 11.3. The zero-order valence-electron chi connectivity index (χ0n) is 12.0. The lowest BCUT2D eigenvalue weighted by Crippen LogP contribution is -2.14. The van der Waals surface area contributed by atoms with Gasteiger partial charge in [0.1, 0.15) is 0 Å². The van der Waals surface area contributed by atoms with E-state index < -0.39 is 6.10 Å². The van der Waals surface area contributed by atoms with Crippen molar-refractivity contribution in [1.82, 2.24) is 0 Å². The molecule has 1 aromatic rings. The number of aliphatic hydroxyl groups excluding tert-OH is 1. The second-order valence-electron chi connectivity index (χ2n) is 6.51. The molecule has 0 fully saturated rings. The van der Waals surface area contributed by atoms with E-state index in [0.29, 0.717) is 29.7 Å². The average Bonchev–Trinajstić information content (AvgIpc) is 2.65. The fourth-order valence-corrected chi connectivity index (χ4v) is 3.43. The highest BCUT2D eigenvalue weighted by Gasteiger charge is 2.33. The van der Waals surface area contributed by atoms with Crippen LogP contribution in [0.2, 0.25) is 5.02 Å². The highest BCUT2D eigenvalue weighted by atomic mass is 35.5. The number of fused-ring (bicyclic) bond motifs is 3. The van der Waals surface area contributed by atoms with Crippen LogP contribution in [-0.4, -0.2) is 18.3 Å². The third-order valence-electron chi connectivity index (χ3n) is 4.26. The molecule has 3 rings (SSSR count). The molecular weight excluding hydrogens is 276 g/mol. The minimum absolute atomic E-state index is 0.0975. The van der Waals surface area contributed by atoms with Crippen LogP contribution in [0.1, 0.15) is 50.3 Å². The first-order chi connectivity index (χ1) is 9.48. The Bertz CT molecular complexity index is 525. The normalized spacial score (nSPS) is 24.5. The monoisotopic (exact) mass is 296 g/mol. The minimum Gasteiger partial charge on any atom is -0.489 e. The second-order valence-corrected chi connectivity index (χ2v) is 6.92. The molecule has 0 amide bonds. The van der Waals surface area contributed by atoms with E-state index >= 15 is 0 Å². The van der Waals surface area contributed by atoms with Gasteiger partial charge in [-0.2, -0.15) is 0 Å². The van der Waals surface area contributed by atoms with Gasteiger partial charge in [0, 0.05) is 23.1 Å². The molecule has 1 heterocycles. The van der Waals surface area contributed by atoms with E-state index in [2.05, 4.69) is 13.8 Å². The fraction of sp³-hybridized carbons (Fsp3) is 0.625. The molecule has 0 radical (unpaired) electrons. The molecule has 1 aliphatic heterocycles. The number of hydrogen-bond acceptors (Lipinski definition) is 3. The summed E-state index contributed by atoms with van der Waals surface area (Å²) >= 11 is 6.42. The van der Waals surface area contributed by atoms with Gasteiger partial charge in [-0.3, -0.25) is 0 Å². The van der Waals surface area contributed by atoms with Crippen LogP contribution in [0.3, 0.4) is 0 Å². The van der Waals surface area contributed by atoms with E-state index in [0.717, 1.165) is 36.8 Å². The summed E-state index contributed by atoms with van der Waals surface area (Å²) in [5.74, 6) is 1.37. The smallest absolute Gasteiger partial charge is 0.167 e. The lowest BCUT2D eigenvalue weighted by Gasteiger charge is -2.24. The number of aliphatic hydroxyl groups is 1. The largest absolute Gasteiger partial charge is 0.489 e.